The number of amides is 3. The predicted octanol–water partition coefficient (Wildman–Crippen LogP) is 1.20. The molecule has 0 saturated carbocycles. The quantitative estimate of drug-likeness (QED) is 0.180. The van der Waals surface area contributed by atoms with E-state index in [1.807, 2.05) is 0 Å². The molecule has 41 heavy (non-hydrogen) atoms. The third-order valence-electron chi connectivity index (χ3n) is 5.52. The number of carbonyl (C=O) groups excluding carboxylic acids is 4. The van der Waals surface area contributed by atoms with Gasteiger partial charge in [-0.05, 0) is 35.4 Å². The van der Waals surface area contributed by atoms with Crippen molar-refractivity contribution in [2.75, 3.05) is 18.8 Å². The van der Waals surface area contributed by atoms with Crippen molar-refractivity contribution >= 4 is 40.6 Å². The smallest absolute Gasteiger partial charge is 0.490 e. The van der Waals surface area contributed by atoms with Gasteiger partial charge in [-0.15, -0.1) is 0 Å². The van der Waals surface area contributed by atoms with Gasteiger partial charge in [0.15, 0.2) is 0 Å². The van der Waals surface area contributed by atoms with Crippen LogP contribution in [0.2, 0.25) is 0 Å². The summed E-state index contributed by atoms with van der Waals surface area (Å²) in [4.78, 5) is 59.6. The molecule has 7 N–H and O–H groups in total. The first kappa shape index (κ1) is 32.9. The van der Waals surface area contributed by atoms with Gasteiger partial charge in [0.2, 0.25) is 22.8 Å². The molecule has 2 aromatic carbocycles. The number of β-lactam (4-membered cyclic amide) rings is 1. The fourth-order valence-electron chi connectivity index (χ4n) is 3.44. The van der Waals surface area contributed by atoms with Crippen molar-refractivity contribution in [2.45, 2.75) is 31.2 Å². The molecular weight excluding hydrogens is 573 g/mol. The second kappa shape index (κ2) is 14.4. The SMILES string of the molecule is CC(=O)NCCSC(=O)[C@@H](c1ccc(O)cc1)N1C[C@H](NC(=O)[C@H](N)c2ccc(O)cc2)C1=O.O=C(O)C(F)(F)F. The number of nitrogens with two attached hydrogens (primary N) is 1. The van der Waals surface area contributed by atoms with E-state index < -0.39 is 42.1 Å². The summed E-state index contributed by atoms with van der Waals surface area (Å²) in [6, 6.07) is 9.08. The number of phenols is 2. The van der Waals surface area contributed by atoms with Gasteiger partial charge in [-0.3, -0.25) is 19.2 Å². The molecule has 0 aromatic heterocycles. The summed E-state index contributed by atoms with van der Waals surface area (Å²) >= 11 is 0.986. The Bertz CT molecular complexity index is 1260. The second-order valence-electron chi connectivity index (χ2n) is 8.57. The van der Waals surface area contributed by atoms with Crippen molar-refractivity contribution < 1.29 is 52.5 Å². The predicted molar refractivity (Wildman–Crippen MR) is 139 cm³/mol. The minimum Gasteiger partial charge on any atom is -0.508 e. The van der Waals surface area contributed by atoms with Crippen molar-refractivity contribution in [3.63, 3.8) is 0 Å². The van der Waals surface area contributed by atoms with Gasteiger partial charge in [-0.2, -0.15) is 13.2 Å². The van der Waals surface area contributed by atoms with Gasteiger partial charge < -0.3 is 36.6 Å². The van der Waals surface area contributed by atoms with Crippen LogP contribution in [-0.2, 0) is 24.0 Å². The van der Waals surface area contributed by atoms with Crippen molar-refractivity contribution in [3.05, 3.63) is 59.7 Å². The Morgan fingerprint density at radius 3 is 1.95 bits per heavy atom. The van der Waals surface area contributed by atoms with Crippen molar-refractivity contribution in [2.24, 2.45) is 5.73 Å². The molecule has 16 heteroatoms. The molecule has 1 aliphatic rings. The van der Waals surface area contributed by atoms with E-state index in [9.17, 15) is 42.6 Å². The van der Waals surface area contributed by atoms with Crippen LogP contribution in [0.3, 0.4) is 0 Å². The fraction of sp³-hybridized carbons (Fsp3) is 0.320. The Morgan fingerprint density at radius 1 is 1.02 bits per heavy atom. The van der Waals surface area contributed by atoms with E-state index in [2.05, 4.69) is 10.6 Å². The first-order valence-corrected chi connectivity index (χ1v) is 12.8. The van der Waals surface area contributed by atoms with Crippen LogP contribution in [0.25, 0.3) is 0 Å². The van der Waals surface area contributed by atoms with E-state index in [1.165, 1.54) is 48.2 Å². The highest BCUT2D eigenvalue weighted by Gasteiger charge is 2.45. The molecular formula is C25H27F3N4O8S. The van der Waals surface area contributed by atoms with Crippen LogP contribution in [-0.4, -0.2) is 80.1 Å². The summed E-state index contributed by atoms with van der Waals surface area (Å²) < 4.78 is 31.7. The number of hydrogen-bond acceptors (Lipinski definition) is 9. The van der Waals surface area contributed by atoms with Gasteiger partial charge in [0.1, 0.15) is 29.6 Å². The number of rotatable bonds is 9. The van der Waals surface area contributed by atoms with Crippen molar-refractivity contribution in [3.8, 4) is 11.5 Å². The Balaban J connectivity index is 0.000000745. The van der Waals surface area contributed by atoms with Crippen molar-refractivity contribution in [1.29, 1.82) is 0 Å². The topological polar surface area (TPSA) is 199 Å². The third-order valence-corrected chi connectivity index (χ3v) is 6.43. The van der Waals surface area contributed by atoms with Gasteiger partial charge in [0.05, 0.1) is 6.54 Å². The summed E-state index contributed by atoms with van der Waals surface area (Å²) in [6.45, 7) is 1.79. The molecule has 2 aromatic rings. The summed E-state index contributed by atoms with van der Waals surface area (Å²) in [5.41, 5.74) is 6.97. The van der Waals surface area contributed by atoms with E-state index in [0.29, 0.717) is 23.4 Å². The lowest BCUT2D eigenvalue weighted by atomic mass is 9.98. The zero-order valence-corrected chi connectivity index (χ0v) is 22.2. The lowest BCUT2D eigenvalue weighted by Gasteiger charge is -2.43. The molecule has 0 radical (unpaired) electrons. The normalized spacial score (nSPS) is 15.9. The summed E-state index contributed by atoms with van der Waals surface area (Å²) in [6.07, 6.45) is -5.08. The minimum atomic E-state index is -5.08. The van der Waals surface area contributed by atoms with E-state index in [1.54, 1.807) is 12.1 Å². The van der Waals surface area contributed by atoms with Gasteiger partial charge in [-0.25, -0.2) is 4.79 Å². The average molecular weight is 601 g/mol. The number of benzene rings is 2. The van der Waals surface area contributed by atoms with Crippen LogP contribution in [0.5, 0.6) is 11.5 Å². The maximum absolute atomic E-state index is 13.0. The van der Waals surface area contributed by atoms with Gasteiger partial charge in [0.25, 0.3) is 0 Å². The molecule has 0 aliphatic carbocycles. The number of thioether (sulfide) groups is 1. The third kappa shape index (κ3) is 9.68. The number of carbonyl (C=O) groups is 5. The Morgan fingerprint density at radius 2 is 1.51 bits per heavy atom. The molecule has 1 heterocycles. The zero-order chi connectivity index (χ0) is 30.9. The summed E-state index contributed by atoms with van der Waals surface area (Å²) in [5.74, 6) is -3.55. The molecule has 3 rings (SSSR count). The number of carboxylic acids is 1. The molecule has 1 fully saturated rings. The number of aromatic hydroxyl groups is 2. The Hall–Kier alpha value is -4.31. The Kier molecular flexibility index (Phi) is 11.5. The van der Waals surface area contributed by atoms with Crippen LogP contribution in [0.1, 0.15) is 30.1 Å². The van der Waals surface area contributed by atoms with E-state index in [-0.39, 0.29) is 29.1 Å². The molecule has 1 saturated heterocycles. The van der Waals surface area contributed by atoms with Gasteiger partial charge >= 0.3 is 12.1 Å². The fourth-order valence-corrected chi connectivity index (χ4v) is 4.27. The van der Waals surface area contributed by atoms with Gasteiger partial charge in [0, 0.05) is 19.2 Å². The van der Waals surface area contributed by atoms with Crippen LogP contribution in [0, 0.1) is 0 Å². The largest absolute Gasteiger partial charge is 0.508 e. The number of nitrogens with zero attached hydrogens (tertiary/aromatic N) is 1. The number of nitrogens with one attached hydrogen (secondary N) is 2. The van der Waals surface area contributed by atoms with E-state index >= 15 is 0 Å². The standard InChI is InChI=1S/C23H26N4O6S.C2HF3O2/c1-13(28)25-10-11-34-23(33)20(15-4-8-17(30)9-5-15)27-12-18(22(27)32)26-21(31)19(24)14-2-6-16(29)7-3-14;3-2(4,5)1(6)7/h2-9,18-20,29-30H,10-12,24H2,1H3,(H,25,28)(H,26,31);(H,6,7)/t18-,19+,20+;/m0./s1. The first-order chi connectivity index (χ1) is 19.1. The summed E-state index contributed by atoms with van der Waals surface area (Å²) in [7, 11) is 0. The van der Waals surface area contributed by atoms with Crippen LogP contribution in [0.15, 0.2) is 48.5 Å². The number of phenolic OH excluding ortho intramolecular Hbond substituents is 2. The zero-order valence-electron chi connectivity index (χ0n) is 21.4. The number of hydrogen-bond donors (Lipinski definition) is 6. The molecule has 1 aliphatic heterocycles. The molecule has 0 unspecified atom stereocenters. The van der Waals surface area contributed by atoms with Crippen LogP contribution >= 0.6 is 11.8 Å². The average Bonchev–Trinajstić information content (AvgIpc) is 2.90. The lowest BCUT2D eigenvalue weighted by molar-refractivity contribution is -0.192. The minimum absolute atomic E-state index is 0.0246. The van der Waals surface area contributed by atoms with Crippen molar-refractivity contribution in [1.82, 2.24) is 15.5 Å². The highest BCUT2D eigenvalue weighted by molar-refractivity contribution is 8.13. The lowest BCUT2D eigenvalue weighted by Crippen LogP contribution is -2.65. The highest BCUT2D eigenvalue weighted by atomic mass is 32.2. The Labute approximate surface area is 235 Å². The van der Waals surface area contributed by atoms with E-state index in [0.717, 1.165) is 11.8 Å². The maximum Gasteiger partial charge on any atom is 0.490 e. The van der Waals surface area contributed by atoms with Crippen LogP contribution < -0.4 is 16.4 Å². The molecule has 12 nitrogen and oxygen atoms in total. The molecule has 222 valence electrons. The number of likely N-dealkylation sites (tertiary alicyclic amines) is 1. The second-order valence-corrected chi connectivity index (χ2v) is 9.67. The maximum atomic E-state index is 13.0. The molecule has 3 amide bonds. The van der Waals surface area contributed by atoms with Gasteiger partial charge in [-0.1, -0.05) is 36.0 Å². The summed E-state index contributed by atoms with van der Waals surface area (Å²) in [5, 5.41) is 31.0. The molecule has 0 spiro atoms. The highest BCUT2D eigenvalue weighted by Crippen LogP contribution is 2.32. The number of aliphatic carboxylic acids is 1. The number of carboxylic acid groups (broad SMARTS) is 1. The van der Waals surface area contributed by atoms with E-state index in [4.69, 9.17) is 15.6 Å². The first-order valence-electron chi connectivity index (χ1n) is 11.8. The molecule has 3 atom stereocenters. The van der Waals surface area contributed by atoms with Crippen LogP contribution in [0.4, 0.5) is 13.2 Å². The number of alkyl halides is 3. The number of halogens is 3. The monoisotopic (exact) mass is 600 g/mol. The molecule has 0 bridgehead atoms.